The van der Waals surface area contributed by atoms with E-state index in [-0.39, 0.29) is 11.7 Å². The van der Waals surface area contributed by atoms with E-state index >= 15 is 0 Å². The number of aromatic amines is 1. The van der Waals surface area contributed by atoms with E-state index in [0.717, 1.165) is 22.3 Å². The quantitative estimate of drug-likeness (QED) is 0.578. The van der Waals surface area contributed by atoms with Gasteiger partial charge in [-0.15, -0.1) is 10.2 Å². The van der Waals surface area contributed by atoms with Gasteiger partial charge in [-0.25, -0.2) is 4.94 Å². The van der Waals surface area contributed by atoms with Crippen LogP contribution >= 0.6 is 0 Å². The van der Waals surface area contributed by atoms with E-state index in [2.05, 4.69) is 20.6 Å². The van der Waals surface area contributed by atoms with E-state index in [1.165, 1.54) is 5.06 Å². The van der Waals surface area contributed by atoms with Gasteiger partial charge in [0.2, 0.25) is 5.82 Å². The van der Waals surface area contributed by atoms with Gasteiger partial charge in [-0.1, -0.05) is 62.4 Å². The maximum Gasteiger partial charge on any atom is 0.205 e. The summed E-state index contributed by atoms with van der Waals surface area (Å²) in [6.45, 7) is 5.90. The Hall–Kier alpha value is -2.94. The Labute approximate surface area is 163 Å². The van der Waals surface area contributed by atoms with Crippen LogP contribution in [0.15, 0.2) is 48.5 Å². The van der Waals surface area contributed by atoms with E-state index in [4.69, 9.17) is 10.8 Å². The van der Waals surface area contributed by atoms with Crippen LogP contribution in [0.1, 0.15) is 26.3 Å². The highest BCUT2D eigenvalue weighted by atomic mass is 16.8. The molecule has 8 nitrogen and oxygen atoms in total. The van der Waals surface area contributed by atoms with Gasteiger partial charge < -0.3 is 0 Å². The van der Waals surface area contributed by atoms with Gasteiger partial charge in [0, 0.05) is 5.56 Å². The molecule has 0 aliphatic carbocycles. The van der Waals surface area contributed by atoms with E-state index in [1.54, 1.807) is 6.92 Å². The van der Waals surface area contributed by atoms with Crippen LogP contribution in [0.2, 0.25) is 0 Å². The molecule has 0 unspecified atom stereocenters. The van der Waals surface area contributed by atoms with Gasteiger partial charge in [0.15, 0.2) is 0 Å². The van der Waals surface area contributed by atoms with Crippen molar-refractivity contribution in [1.82, 2.24) is 25.7 Å². The molecule has 3 rings (SSSR count). The maximum atomic E-state index is 12.0. The summed E-state index contributed by atoms with van der Waals surface area (Å²) in [5, 5.41) is 15.8. The fraction of sp³-hybridized carbons (Fsp3) is 0.300. The highest BCUT2D eigenvalue weighted by molar-refractivity contribution is 5.81. The molecule has 1 aromatic heterocycles. The summed E-state index contributed by atoms with van der Waals surface area (Å²) >= 11 is 0. The van der Waals surface area contributed by atoms with Gasteiger partial charge >= 0.3 is 0 Å². The Balaban J connectivity index is 1.84. The average molecular weight is 380 g/mol. The summed E-state index contributed by atoms with van der Waals surface area (Å²) in [7, 11) is 0. The van der Waals surface area contributed by atoms with Crippen molar-refractivity contribution < 1.29 is 9.73 Å². The Bertz CT molecular complexity index is 909. The number of nitrogens with zero attached hydrogens (tertiary/aromatic N) is 4. The summed E-state index contributed by atoms with van der Waals surface area (Å²) in [5.74, 6) is 6.09. The number of nitrogens with two attached hydrogens (primary N) is 1. The second-order valence-corrected chi connectivity index (χ2v) is 6.96. The number of rotatable bonds is 8. The summed E-state index contributed by atoms with van der Waals surface area (Å²) in [6, 6.07) is 15.5. The molecule has 0 amide bonds. The molecule has 0 bridgehead atoms. The summed E-state index contributed by atoms with van der Waals surface area (Å²) in [4.78, 5) is 17.0. The zero-order chi connectivity index (χ0) is 20.1. The van der Waals surface area contributed by atoms with Crippen molar-refractivity contribution in [1.29, 1.82) is 0 Å². The lowest BCUT2D eigenvalue weighted by Crippen LogP contribution is -2.44. The lowest BCUT2D eigenvalue weighted by molar-refractivity contribution is -0.206. The number of hydrogen-bond acceptors (Lipinski definition) is 7. The first-order valence-electron chi connectivity index (χ1n) is 9.07. The van der Waals surface area contributed by atoms with Crippen LogP contribution in [0, 0.1) is 5.92 Å². The second-order valence-electron chi connectivity index (χ2n) is 6.96. The van der Waals surface area contributed by atoms with Gasteiger partial charge in [-0.05, 0) is 34.7 Å². The predicted octanol–water partition coefficient (Wildman–Crippen LogP) is 2.75. The normalized spacial score (nSPS) is 12.5. The molecule has 0 fully saturated rings. The second kappa shape index (κ2) is 8.83. The third-order valence-corrected chi connectivity index (χ3v) is 4.61. The lowest BCUT2D eigenvalue weighted by atomic mass is 9.97. The number of Topliss-reactive ketones (excluding diaryl/α,β-unsaturated/α-hetero) is 1. The Morgan fingerprint density at radius 3 is 2.36 bits per heavy atom. The fourth-order valence-electron chi connectivity index (χ4n) is 3.38. The summed E-state index contributed by atoms with van der Waals surface area (Å²) in [5.41, 5.74) is 3.91. The molecular weight excluding hydrogens is 356 g/mol. The SMILES string of the molecule is CC(=O)[C@H](C(C)C)N(Cc1ccc(-c2ccccc2-c2nn[nH]n2)cc1)ON. The summed E-state index contributed by atoms with van der Waals surface area (Å²) < 4.78 is 0. The van der Waals surface area contributed by atoms with Gasteiger partial charge in [-0.2, -0.15) is 16.2 Å². The van der Waals surface area contributed by atoms with Gasteiger partial charge in [0.25, 0.3) is 0 Å². The van der Waals surface area contributed by atoms with Crippen LogP contribution in [0.5, 0.6) is 0 Å². The standard InChI is InChI=1S/C20H24N6O2/c1-13(2)19(14(3)27)26(28-21)12-15-8-10-16(11-9-15)17-6-4-5-7-18(17)20-22-24-25-23-20/h4-11,13,19H,12,21H2,1-3H3,(H,22,23,24,25)/t19-/m0/s1. The molecule has 0 aliphatic rings. The zero-order valence-corrected chi connectivity index (χ0v) is 16.2. The van der Waals surface area contributed by atoms with Crippen molar-refractivity contribution >= 4 is 5.78 Å². The molecule has 0 radical (unpaired) electrons. The molecule has 146 valence electrons. The molecule has 0 spiro atoms. The Morgan fingerprint density at radius 2 is 1.82 bits per heavy atom. The predicted molar refractivity (Wildman–Crippen MR) is 105 cm³/mol. The number of hydroxylamine groups is 2. The van der Waals surface area contributed by atoms with E-state index < -0.39 is 6.04 Å². The number of hydrogen-bond donors (Lipinski definition) is 2. The number of tetrazole rings is 1. The van der Waals surface area contributed by atoms with Crippen LogP contribution < -0.4 is 5.90 Å². The minimum atomic E-state index is -0.399. The number of H-pyrrole nitrogens is 1. The molecule has 28 heavy (non-hydrogen) atoms. The zero-order valence-electron chi connectivity index (χ0n) is 16.2. The molecule has 0 saturated heterocycles. The third-order valence-electron chi connectivity index (χ3n) is 4.61. The number of ketones is 1. The van der Waals surface area contributed by atoms with Crippen molar-refractivity contribution in [2.24, 2.45) is 11.8 Å². The number of nitrogens with one attached hydrogen (secondary N) is 1. The minimum Gasteiger partial charge on any atom is -0.298 e. The van der Waals surface area contributed by atoms with Gasteiger partial charge in [0.05, 0.1) is 12.6 Å². The molecule has 2 aromatic carbocycles. The van der Waals surface area contributed by atoms with Crippen molar-refractivity contribution in [2.45, 2.75) is 33.4 Å². The van der Waals surface area contributed by atoms with Crippen molar-refractivity contribution in [3.8, 4) is 22.5 Å². The van der Waals surface area contributed by atoms with Gasteiger partial charge in [0.1, 0.15) is 5.78 Å². The van der Waals surface area contributed by atoms with Crippen LogP contribution in [0.25, 0.3) is 22.5 Å². The van der Waals surface area contributed by atoms with E-state index in [9.17, 15) is 4.79 Å². The first-order valence-corrected chi connectivity index (χ1v) is 9.07. The minimum absolute atomic E-state index is 0.0195. The number of benzene rings is 2. The molecular formula is C20H24N6O2. The van der Waals surface area contributed by atoms with Crippen molar-refractivity contribution in [2.75, 3.05) is 0 Å². The van der Waals surface area contributed by atoms with Crippen LogP contribution in [0.3, 0.4) is 0 Å². The number of aromatic nitrogens is 4. The molecule has 3 N–H and O–H groups in total. The molecule has 0 aliphatic heterocycles. The fourth-order valence-corrected chi connectivity index (χ4v) is 3.38. The largest absolute Gasteiger partial charge is 0.298 e. The first kappa shape index (κ1) is 19.8. The summed E-state index contributed by atoms with van der Waals surface area (Å²) in [6.07, 6.45) is 0. The van der Waals surface area contributed by atoms with Gasteiger partial charge in [-0.3, -0.25) is 4.79 Å². The number of carbonyl (C=O) groups excluding carboxylic acids is 1. The average Bonchev–Trinajstić information content (AvgIpc) is 3.22. The maximum absolute atomic E-state index is 12.0. The van der Waals surface area contributed by atoms with E-state index in [0.29, 0.717) is 12.4 Å². The Kier molecular flexibility index (Phi) is 6.25. The number of carbonyl (C=O) groups is 1. The van der Waals surface area contributed by atoms with E-state index in [1.807, 2.05) is 62.4 Å². The van der Waals surface area contributed by atoms with Crippen molar-refractivity contribution in [3.63, 3.8) is 0 Å². The van der Waals surface area contributed by atoms with Crippen LogP contribution in [-0.2, 0) is 16.3 Å². The van der Waals surface area contributed by atoms with Crippen LogP contribution in [-0.4, -0.2) is 37.5 Å². The molecule has 0 saturated carbocycles. The van der Waals surface area contributed by atoms with Crippen LogP contribution in [0.4, 0.5) is 0 Å². The molecule has 8 heteroatoms. The smallest absolute Gasteiger partial charge is 0.205 e. The molecule has 3 aromatic rings. The Morgan fingerprint density at radius 1 is 1.14 bits per heavy atom. The molecule has 1 heterocycles. The topological polar surface area (TPSA) is 110 Å². The highest BCUT2D eigenvalue weighted by Crippen LogP contribution is 2.30. The van der Waals surface area contributed by atoms with Crippen molar-refractivity contribution in [3.05, 3.63) is 54.1 Å². The first-order chi connectivity index (χ1) is 13.5. The molecule has 1 atom stereocenters. The lowest BCUT2D eigenvalue weighted by Gasteiger charge is -2.29. The third kappa shape index (κ3) is 4.30. The monoisotopic (exact) mass is 380 g/mol. The highest BCUT2D eigenvalue weighted by Gasteiger charge is 2.27.